The normalized spacial score (nSPS) is 12.6. The maximum atomic E-state index is 13.7. The van der Waals surface area contributed by atoms with E-state index >= 15 is 0 Å². The Balaban J connectivity index is 1.85. The fourth-order valence-corrected chi connectivity index (χ4v) is 5.85. The van der Waals surface area contributed by atoms with Gasteiger partial charge in [-0.2, -0.15) is 0 Å². The van der Waals surface area contributed by atoms with Crippen LogP contribution >= 0.6 is 0 Å². The number of hydrogen-bond acceptors (Lipinski definition) is 11. The second-order valence-corrected chi connectivity index (χ2v) is 14.3. The van der Waals surface area contributed by atoms with E-state index in [2.05, 4.69) is 40.4 Å². The molecule has 0 bridgehead atoms. The Morgan fingerprint density at radius 1 is 0.655 bits per heavy atom. The fraction of sp³-hybridized carbons (Fsp3) is 0.558. The lowest BCUT2D eigenvalue weighted by Crippen LogP contribution is -2.52. The summed E-state index contributed by atoms with van der Waals surface area (Å²) in [4.78, 5) is 77.1. The minimum absolute atomic E-state index is 0.0574. The number of Topliss-reactive ketones (excluding diaryl/α,β-unsaturated/α-hetero) is 2. The molecule has 0 unspecified atom stereocenters. The molecule has 3 atom stereocenters. The van der Waals surface area contributed by atoms with Crippen LogP contribution in [0.2, 0.25) is 0 Å². The van der Waals surface area contributed by atoms with E-state index in [1.54, 1.807) is 0 Å². The third kappa shape index (κ3) is 23.4. The molecule has 15 nitrogen and oxygen atoms in total. The van der Waals surface area contributed by atoms with Gasteiger partial charge in [-0.1, -0.05) is 74.5 Å². The van der Waals surface area contributed by atoms with Crippen LogP contribution in [0.4, 0.5) is 0 Å². The predicted molar refractivity (Wildman–Crippen MR) is 221 cm³/mol. The molecule has 6 N–H and O–H groups in total. The number of amides is 4. The molecule has 0 spiro atoms. The number of carbonyl (C=O) groups excluding carboxylic acids is 6. The molecule has 0 aliphatic heterocycles. The first-order valence-electron chi connectivity index (χ1n) is 20.2. The molecular weight excluding hydrogens is 745 g/mol. The molecule has 0 aromatic heterocycles. The molecule has 0 fully saturated rings. The van der Waals surface area contributed by atoms with Gasteiger partial charge in [-0.3, -0.25) is 28.8 Å². The molecule has 320 valence electrons. The van der Waals surface area contributed by atoms with Crippen LogP contribution in [-0.2, 0) is 55.8 Å². The molecule has 0 saturated carbocycles. The molecule has 2 aromatic rings. The average molecular weight is 809 g/mol. The van der Waals surface area contributed by atoms with Crippen molar-refractivity contribution in [2.45, 2.75) is 90.3 Å². The first-order chi connectivity index (χ1) is 28.0. The number of rotatable bonds is 33. The summed E-state index contributed by atoms with van der Waals surface area (Å²) in [7, 11) is 0. The number of ether oxygens (including phenoxy) is 3. The van der Waals surface area contributed by atoms with Crippen molar-refractivity contribution in [3.05, 3.63) is 71.8 Å². The molecule has 0 aliphatic carbocycles. The number of nitrogens with one attached hydrogen (secondary N) is 6. The average Bonchev–Trinajstić information content (AvgIpc) is 3.21. The first-order valence-corrected chi connectivity index (χ1v) is 20.2. The van der Waals surface area contributed by atoms with Gasteiger partial charge in [0.05, 0.1) is 45.2 Å². The van der Waals surface area contributed by atoms with Crippen molar-refractivity contribution in [2.24, 2.45) is 5.92 Å². The zero-order valence-corrected chi connectivity index (χ0v) is 34.4. The number of carbonyl (C=O) groups is 6. The minimum Gasteiger partial charge on any atom is -0.379 e. The second kappa shape index (κ2) is 30.3. The van der Waals surface area contributed by atoms with E-state index in [0.29, 0.717) is 71.3 Å². The van der Waals surface area contributed by atoms with E-state index in [1.165, 1.54) is 6.92 Å². The third-order valence-electron chi connectivity index (χ3n) is 8.93. The Kier molecular flexibility index (Phi) is 25.7. The van der Waals surface area contributed by atoms with Crippen molar-refractivity contribution in [1.29, 1.82) is 5.41 Å². The molecule has 58 heavy (non-hydrogen) atoms. The van der Waals surface area contributed by atoms with E-state index in [0.717, 1.165) is 24.1 Å². The molecule has 0 aliphatic rings. The van der Waals surface area contributed by atoms with Gasteiger partial charge in [0.15, 0.2) is 11.6 Å². The monoisotopic (exact) mass is 808 g/mol. The van der Waals surface area contributed by atoms with E-state index in [-0.39, 0.29) is 44.6 Å². The van der Waals surface area contributed by atoms with Crippen LogP contribution in [-0.4, -0.2) is 119 Å². The summed E-state index contributed by atoms with van der Waals surface area (Å²) in [6.07, 6.45) is 2.45. The lowest BCUT2D eigenvalue weighted by molar-refractivity contribution is -0.131. The highest BCUT2D eigenvalue weighted by atomic mass is 16.5. The van der Waals surface area contributed by atoms with Crippen molar-refractivity contribution in [3.63, 3.8) is 0 Å². The van der Waals surface area contributed by atoms with Gasteiger partial charge in [-0.25, -0.2) is 0 Å². The molecule has 4 amide bonds. The van der Waals surface area contributed by atoms with Crippen molar-refractivity contribution in [2.75, 3.05) is 59.3 Å². The Hall–Kier alpha value is -4.83. The van der Waals surface area contributed by atoms with Crippen LogP contribution in [0, 0.1) is 11.3 Å². The zero-order chi connectivity index (χ0) is 42.4. The van der Waals surface area contributed by atoms with Crippen LogP contribution < -0.4 is 26.6 Å². The number of benzene rings is 2. The Bertz CT molecular complexity index is 1530. The summed E-state index contributed by atoms with van der Waals surface area (Å²) in [5, 5.41) is 21.4. The Morgan fingerprint density at radius 2 is 1.22 bits per heavy atom. The molecule has 0 heterocycles. The third-order valence-corrected chi connectivity index (χ3v) is 8.93. The molecule has 2 aromatic carbocycles. The van der Waals surface area contributed by atoms with Crippen LogP contribution in [0.5, 0.6) is 0 Å². The maximum Gasteiger partial charge on any atom is 0.243 e. The van der Waals surface area contributed by atoms with E-state index in [9.17, 15) is 28.8 Å². The Morgan fingerprint density at radius 3 is 1.79 bits per heavy atom. The highest BCUT2D eigenvalue weighted by Gasteiger charge is 2.28. The smallest absolute Gasteiger partial charge is 0.243 e. The van der Waals surface area contributed by atoms with Crippen molar-refractivity contribution in [3.8, 4) is 0 Å². The minimum atomic E-state index is -1.10. The molecular formula is C43H64N6O9. The molecule has 2 rings (SSSR count). The van der Waals surface area contributed by atoms with Crippen LogP contribution in [0.3, 0.4) is 0 Å². The fourth-order valence-electron chi connectivity index (χ4n) is 5.85. The highest BCUT2D eigenvalue weighted by molar-refractivity contribution is 6.26. The molecule has 0 saturated heterocycles. The van der Waals surface area contributed by atoms with Crippen LogP contribution in [0.15, 0.2) is 60.7 Å². The van der Waals surface area contributed by atoms with Gasteiger partial charge in [-0.15, -0.1) is 0 Å². The molecule has 15 heteroatoms. The first kappa shape index (κ1) is 49.3. The lowest BCUT2D eigenvalue weighted by atomic mass is 9.91. The van der Waals surface area contributed by atoms with Crippen molar-refractivity contribution in [1.82, 2.24) is 26.6 Å². The van der Waals surface area contributed by atoms with Crippen molar-refractivity contribution < 1.29 is 43.0 Å². The van der Waals surface area contributed by atoms with Crippen molar-refractivity contribution >= 4 is 41.4 Å². The predicted octanol–water partition coefficient (Wildman–Crippen LogP) is 2.49. The summed E-state index contributed by atoms with van der Waals surface area (Å²) in [5.74, 6) is -3.39. The van der Waals surface area contributed by atoms with Crippen LogP contribution in [0.1, 0.15) is 70.4 Å². The van der Waals surface area contributed by atoms with Gasteiger partial charge in [0.2, 0.25) is 23.6 Å². The quantitative estimate of drug-likeness (QED) is 0.0458. The number of ketones is 2. The Labute approximate surface area is 343 Å². The standard InChI is InChI=1S/C43H64N6O9/c1-32(2)45-20-10-22-56-24-26-58-27-25-57-23-11-21-46-41(53)31-47-42(54)36(28-34-12-6-4-7-13-34)16-19-40(52)38(18-17-37(51)30-44)49-43(55)39(48-33(3)50)29-35-14-8-5-9-15-35/h4-9,12-15,30,32,36,38-39,44-45H,10-11,16-29,31H2,1-3H3,(H,46,53)(H,47,54)(H,48,50)(H,49,55)/t36-,38-,39-/m0/s1. The largest absolute Gasteiger partial charge is 0.379 e. The molecule has 0 radical (unpaired) electrons. The summed E-state index contributed by atoms with van der Waals surface area (Å²) < 4.78 is 16.6. The zero-order valence-electron chi connectivity index (χ0n) is 34.4. The second-order valence-electron chi connectivity index (χ2n) is 14.3. The van der Waals surface area contributed by atoms with Gasteiger partial charge in [0, 0.05) is 57.9 Å². The summed E-state index contributed by atoms with van der Waals surface area (Å²) in [5.41, 5.74) is 1.66. The van der Waals surface area contributed by atoms with E-state index < -0.39 is 47.3 Å². The summed E-state index contributed by atoms with van der Waals surface area (Å²) in [6, 6.07) is 16.8. The van der Waals surface area contributed by atoms with E-state index in [1.807, 2.05) is 60.7 Å². The van der Waals surface area contributed by atoms with Gasteiger partial charge in [0.25, 0.3) is 0 Å². The van der Waals surface area contributed by atoms with Gasteiger partial charge in [0.1, 0.15) is 6.04 Å². The van der Waals surface area contributed by atoms with Gasteiger partial charge >= 0.3 is 0 Å². The van der Waals surface area contributed by atoms with Gasteiger partial charge in [-0.05, 0) is 49.8 Å². The topological polar surface area (TPSA) is 214 Å². The SMILES string of the molecule is CC(=O)N[C@@H](Cc1ccccc1)C(=O)N[C@@H](CCC(=O)C=N)C(=O)CC[C@@H](Cc1ccccc1)C(=O)NCC(=O)NCCCOCCOCCOCCCNC(C)C. The van der Waals surface area contributed by atoms with Crippen LogP contribution in [0.25, 0.3) is 0 Å². The number of hydrogen-bond donors (Lipinski definition) is 6. The highest BCUT2D eigenvalue weighted by Crippen LogP contribution is 2.17. The summed E-state index contributed by atoms with van der Waals surface area (Å²) in [6.45, 7) is 9.56. The maximum absolute atomic E-state index is 13.7. The summed E-state index contributed by atoms with van der Waals surface area (Å²) >= 11 is 0. The van der Waals surface area contributed by atoms with E-state index in [4.69, 9.17) is 19.6 Å². The lowest BCUT2D eigenvalue weighted by Gasteiger charge is -2.23. The van der Waals surface area contributed by atoms with Gasteiger partial charge < -0.3 is 46.2 Å².